The first kappa shape index (κ1) is 34.3. The summed E-state index contributed by atoms with van der Waals surface area (Å²) < 4.78 is 0. The zero-order valence-electron chi connectivity index (χ0n) is 25.2. The molecule has 212 valence electrons. The lowest BCUT2D eigenvalue weighted by Gasteiger charge is -2.04. The van der Waals surface area contributed by atoms with Crippen LogP contribution in [0.4, 0.5) is 0 Å². The van der Waals surface area contributed by atoms with Gasteiger partial charge < -0.3 is 0 Å². The van der Waals surface area contributed by atoms with Crippen LogP contribution in [0.2, 0.25) is 0 Å². The average molecular weight is 517 g/mol. The largest absolute Gasteiger partial charge is 0.0891 e. The second-order valence-electron chi connectivity index (χ2n) is 11.5. The number of hydrogen-bond donors (Lipinski definition) is 0. The zero-order valence-corrected chi connectivity index (χ0v) is 25.2. The number of rotatable bonds is 0. The van der Waals surface area contributed by atoms with Gasteiger partial charge in [-0.25, -0.2) is 0 Å². The molecule has 0 atom stereocenters. The van der Waals surface area contributed by atoms with E-state index in [0.717, 1.165) is 12.8 Å². The summed E-state index contributed by atoms with van der Waals surface area (Å²) in [6, 6.07) is 0. The van der Waals surface area contributed by atoms with Gasteiger partial charge >= 0.3 is 0 Å². The zero-order chi connectivity index (χ0) is 26.9. The Balaban J connectivity index is 2.16. The van der Waals surface area contributed by atoms with Crippen molar-refractivity contribution < 1.29 is 0 Å². The molecule has 0 aromatic rings. The molecule has 1 aliphatic carbocycles. The molecule has 0 bridgehead atoms. The van der Waals surface area contributed by atoms with Crippen molar-refractivity contribution in [2.24, 2.45) is 0 Å². The summed E-state index contributed by atoms with van der Waals surface area (Å²) in [6.45, 7) is 0. The molecule has 0 spiro atoms. The van der Waals surface area contributed by atoms with E-state index in [4.69, 9.17) is 0 Å². The molecule has 0 aromatic heterocycles. The molecule has 0 unspecified atom stereocenters. The highest BCUT2D eigenvalue weighted by atomic mass is 14.0. The molecule has 38 heavy (non-hydrogen) atoms. The van der Waals surface area contributed by atoms with E-state index in [-0.39, 0.29) is 0 Å². The third-order valence-electron chi connectivity index (χ3n) is 7.84. The lowest BCUT2D eigenvalue weighted by molar-refractivity contribution is 0.514. The van der Waals surface area contributed by atoms with Crippen molar-refractivity contribution in [1.29, 1.82) is 0 Å². The Morgan fingerprint density at radius 3 is 0.526 bits per heavy atom. The molecule has 0 saturated heterocycles. The lowest BCUT2D eigenvalue weighted by Crippen LogP contribution is -1.85. The molecule has 0 aliphatic heterocycles. The Labute approximate surface area is 239 Å². The number of hydrogen-bond acceptors (Lipinski definition) is 0. The van der Waals surface area contributed by atoms with Gasteiger partial charge in [0.25, 0.3) is 0 Å². The predicted octanol–water partition coefficient (Wildman–Crippen LogP) is 11.7. The normalized spacial score (nSPS) is 20.6. The van der Waals surface area contributed by atoms with Gasteiger partial charge in [0.15, 0.2) is 0 Å². The molecule has 0 aromatic carbocycles. The van der Waals surface area contributed by atoms with Crippen molar-refractivity contribution in [1.82, 2.24) is 0 Å². The van der Waals surface area contributed by atoms with Gasteiger partial charge in [0.2, 0.25) is 0 Å². The van der Waals surface area contributed by atoms with Crippen LogP contribution in [0, 0.1) is 47.4 Å². The second-order valence-corrected chi connectivity index (χ2v) is 11.5. The second kappa shape index (κ2) is 31.5. The SMILES string of the molecule is C1#CC#CCCCCCCCCCCCCCCCCCCCCCCCCCCCCCCC#CC#C1. The van der Waals surface area contributed by atoms with E-state index in [1.165, 1.54) is 180 Å². The van der Waals surface area contributed by atoms with Crippen LogP contribution < -0.4 is 0 Å². The van der Waals surface area contributed by atoms with E-state index >= 15 is 0 Å². The summed E-state index contributed by atoms with van der Waals surface area (Å²) in [5.74, 6) is 23.5. The molecule has 0 fully saturated rings. The highest BCUT2D eigenvalue weighted by molar-refractivity contribution is 5.39. The van der Waals surface area contributed by atoms with Gasteiger partial charge in [0.1, 0.15) is 0 Å². The quantitative estimate of drug-likeness (QED) is 0.281. The molecular weight excluding hydrogens is 456 g/mol. The van der Waals surface area contributed by atoms with Crippen LogP contribution in [0.25, 0.3) is 0 Å². The Hall–Kier alpha value is -1.76. The predicted molar refractivity (Wildman–Crippen MR) is 170 cm³/mol. The van der Waals surface area contributed by atoms with Crippen molar-refractivity contribution in [3.8, 4) is 47.4 Å². The first-order valence-electron chi connectivity index (χ1n) is 17.0. The van der Waals surface area contributed by atoms with E-state index in [9.17, 15) is 0 Å². The summed E-state index contributed by atoms with van der Waals surface area (Å²) in [6.07, 6.45) is 41.5. The van der Waals surface area contributed by atoms with Gasteiger partial charge in [-0.15, -0.1) is 0 Å². The third kappa shape index (κ3) is 28.8. The fourth-order valence-electron chi connectivity index (χ4n) is 5.36. The summed E-state index contributed by atoms with van der Waals surface area (Å²) in [5.41, 5.74) is 0. The third-order valence-corrected chi connectivity index (χ3v) is 7.84. The van der Waals surface area contributed by atoms with Crippen LogP contribution in [-0.2, 0) is 0 Å². The van der Waals surface area contributed by atoms with Crippen LogP contribution in [0.5, 0.6) is 0 Å². The first-order valence-corrected chi connectivity index (χ1v) is 17.0. The van der Waals surface area contributed by atoms with Crippen molar-refractivity contribution in [2.45, 2.75) is 193 Å². The molecule has 1 aliphatic rings. The molecule has 0 nitrogen and oxygen atoms in total. The van der Waals surface area contributed by atoms with E-state index in [1.807, 2.05) is 0 Å². The van der Waals surface area contributed by atoms with Gasteiger partial charge in [-0.2, -0.15) is 0 Å². The molecule has 0 heterocycles. The van der Waals surface area contributed by atoms with Crippen LogP contribution in [0.1, 0.15) is 193 Å². The minimum absolute atomic E-state index is 0.960. The van der Waals surface area contributed by atoms with Crippen LogP contribution in [0.15, 0.2) is 0 Å². The first-order chi connectivity index (χ1) is 19.0. The van der Waals surface area contributed by atoms with Crippen molar-refractivity contribution >= 4 is 0 Å². The van der Waals surface area contributed by atoms with Gasteiger partial charge in [-0.3, -0.25) is 0 Å². The summed E-state index contributed by atoms with van der Waals surface area (Å²) in [7, 11) is 0. The maximum Gasteiger partial charge on any atom is 0.00989 e. The van der Waals surface area contributed by atoms with E-state index in [2.05, 4.69) is 47.4 Å². The van der Waals surface area contributed by atoms with Crippen LogP contribution in [-0.4, -0.2) is 0 Å². The maximum absolute atomic E-state index is 3.16. The maximum atomic E-state index is 3.16. The van der Waals surface area contributed by atoms with Gasteiger partial charge in [-0.1, -0.05) is 179 Å². The summed E-state index contributed by atoms with van der Waals surface area (Å²) in [5, 5.41) is 0. The fourth-order valence-corrected chi connectivity index (χ4v) is 5.36. The van der Waals surface area contributed by atoms with E-state index in [0.29, 0.717) is 0 Å². The van der Waals surface area contributed by atoms with Crippen LogP contribution in [0.3, 0.4) is 0 Å². The lowest BCUT2D eigenvalue weighted by atomic mass is 10.0. The fraction of sp³-hybridized carbons (Fsp3) is 0.789. The molecule has 0 amide bonds. The van der Waals surface area contributed by atoms with Gasteiger partial charge in [0, 0.05) is 12.8 Å². The standard InChI is InChI=1S/C38H60/c1-2-4-6-8-10-12-14-16-18-20-22-24-26-28-30-32-34-36-38-37-35-33-31-29-27-25-23-21-19-17-15-13-11-9-7-5-3-1/h1-30H2. The van der Waals surface area contributed by atoms with Crippen LogP contribution >= 0.6 is 0 Å². The summed E-state index contributed by atoms with van der Waals surface area (Å²) in [4.78, 5) is 0. The highest BCUT2D eigenvalue weighted by Gasteiger charge is 1.97. The molecule has 0 N–H and O–H groups in total. The van der Waals surface area contributed by atoms with Gasteiger partial charge in [-0.05, 0) is 48.4 Å². The van der Waals surface area contributed by atoms with E-state index in [1.54, 1.807) is 0 Å². The average Bonchev–Trinajstić information content (AvgIpc) is 2.93. The molecule has 0 saturated carbocycles. The summed E-state index contributed by atoms with van der Waals surface area (Å²) >= 11 is 0. The Morgan fingerprint density at radius 2 is 0.316 bits per heavy atom. The Morgan fingerprint density at radius 1 is 0.158 bits per heavy atom. The molecular formula is C38H60. The van der Waals surface area contributed by atoms with Gasteiger partial charge in [0.05, 0.1) is 0 Å². The minimum Gasteiger partial charge on any atom is -0.0891 e. The smallest absolute Gasteiger partial charge is 0.00989 e. The minimum atomic E-state index is 0.960. The topological polar surface area (TPSA) is 0 Å². The highest BCUT2D eigenvalue weighted by Crippen LogP contribution is 2.16. The van der Waals surface area contributed by atoms with Crippen molar-refractivity contribution in [3.05, 3.63) is 0 Å². The Bertz CT molecular complexity index is 675. The molecule has 0 radical (unpaired) electrons. The van der Waals surface area contributed by atoms with Crippen molar-refractivity contribution in [2.75, 3.05) is 0 Å². The van der Waals surface area contributed by atoms with E-state index < -0.39 is 0 Å². The van der Waals surface area contributed by atoms with Crippen molar-refractivity contribution in [3.63, 3.8) is 0 Å². The Kier molecular flexibility index (Phi) is 28.4. The molecule has 0 heteroatoms. The monoisotopic (exact) mass is 516 g/mol. The molecule has 1 rings (SSSR count).